The van der Waals surface area contributed by atoms with Crippen molar-refractivity contribution < 1.29 is 9.31 Å². The lowest BCUT2D eigenvalue weighted by molar-refractivity contribution is 0.00578. The van der Waals surface area contributed by atoms with Gasteiger partial charge in [-0.3, -0.25) is 0 Å². The molecular formula is C14H21BN2O2. The molecule has 3 heterocycles. The Hall–Kier alpha value is -1.07. The minimum Gasteiger partial charge on any atom is -0.399 e. The number of nitrogens with one attached hydrogen (secondary N) is 1. The number of aryl methyl sites for hydroxylation is 1. The van der Waals surface area contributed by atoms with E-state index in [0.717, 1.165) is 30.7 Å². The standard InChI is InChI=1S/C14H21BN2O2/c1-13(2)14(3,4)19-15(18-13)11-8-10-6-5-7-16-12(10)17-9-11/h8-9H,5-7H2,1-4H3,(H,16,17). The van der Waals surface area contributed by atoms with Gasteiger partial charge in [0.2, 0.25) is 0 Å². The third-order valence-corrected chi connectivity index (χ3v) is 4.43. The summed E-state index contributed by atoms with van der Waals surface area (Å²) in [7, 11) is -0.315. The zero-order valence-electron chi connectivity index (χ0n) is 12.1. The molecule has 1 saturated heterocycles. The molecule has 0 radical (unpaired) electrons. The summed E-state index contributed by atoms with van der Waals surface area (Å²) >= 11 is 0. The van der Waals surface area contributed by atoms with E-state index in [-0.39, 0.29) is 18.3 Å². The highest BCUT2D eigenvalue weighted by molar-refractivity contribution is 6.62. The van der Waals surface area contributed by atoms with Crippen LogP contribution in [-0.4, -0.2) is 29.8 Å². The molecule has 102 valence electrons. The van der Waals surface area contributed by atoms with Crippen molar-refractivity contribution in [2.75, 3.05) is 11.9 Å². The van der Waals surface area contributed by atoms with Gasteiger partial charge >= 0.3 is 7.12 Å². The number of hydrogen-bond acceptors (Lipinski definition) is 4. The Balaban J connectivity index is 1.88. The van der Waals surface area contributed by atoms with Gasteiger partial charge in [0.1, 0.15) is 5.82 Å². The molecule has 5 heteroatoms. The molecule has 19 heavy (non-hydrogen) atoms. The molecule has 0 aliphatic carbocycles. The fraction of sp³-hybridized carbons (Fsp3) is 0.643. The van der Waals surface area contributed by atoms with Crippen LogP contribution in [-0.2, 0) is 15.7 Å². The zero-order chi connectivity index (χ0) is 13.7. The summed E-state index contributed by atoms with van der Waals surface area (Å²) in [5.41, 5.74) is 1.68. The van der Waals surface area contributed by atoms with Gasteiger partial charge in [-0.05, 0) is 46.1 Å². The van der Waals surface area contributed by atoms with E-state index in [4.69, 9.17) is 9.31 Å². The molecule has 3 rings (SSSR count). The minimum absolute atomic E-state index is 0.300. The van der Waals surface area contributed by atoms with Crippen LogP contribution < -0.4 is 10.8 Å². The van der Waals surface area contributed by atoms with Crippen molar-refractivity contribution in [3.8, 4) is 0 Å². The Labute approximate surface area is 115 Å². The molecule has 2 aliphatic heterocycles. The lowest BCUT2D eigenvalue weighted by atomic mass is 9.79. The number of hydrogen-bond donors (Lipinski definition) is 1. The van der Waals surface area contributed by atoms with Gasteiger partial charge in [-0.1, -0.05) is 6.07 Å². The lowest BCUT2D eigenvalue weighted by Gasteiger charge is -2.32. The van der Waals surface area contributed by atoms with Crippen LogP contribution >= 0.6 is 0 Å². The summed E-state index contributed by atoms with van der Waals surface area (Å²) in [6.45, 7) is 9.29. The molecule has 1 N–H and O–H groups in total. The molecule has 0 aromatic carbocycles. The molecule has 0 spiro atoms. The highest BCUT2D eigenvalue weighted by Crippen LogP contribution is 2.36. The van der Waals surface area contributed by atoms with E-state index in [9.17, 15) is 0 Å². The van der Waals surface area contributed by atoms with Gasteiger partial charge in [0, 0.05) is 18.2 Å². The zero-order valence-corrected chi connectivity index (χ0v) is 12.1. The summed E-state index contributed by atoms with van der Waals surface area (Å²) < 4.78 is 12.1. The van der Waals surface area contributed by atoms with Crippen LogP contribution in [0.1, 0.15) is 39.7 Å². The van der Waals surface area contributed by atoms with Gasteiger partial charge < -0.3 is 14.6 Å². The van der Waals surface area contributed by atoms with Crippen LogP contribution in [0, 0.1) is 0 Å². The molecule has 1 fully saturated rings. The Kier molecular flexibility index (Phi) is 2.87. The fourth-order valence-electron chi connectivity index (χ4n) is 2.47. The molecule has 2 aliphatic rings. The van der Waals surface area contributed by atoms with E-state index in [0.29, 0.717) is 0 Å². The smallest absolute Gasteiger partial charge is 0.399 e. The van der Waals surface area contributed by atoms with E-state index in [1.807, 2.05) is 6.20 Å². The maximum Gasteiger partial charge on any atom is 0.496 e. The topological polar surface area (TPSA) is 43.4 Å². The summed E-state index contributed by atoms with van der Waals surface area (Å²) in [5.74, 6) is 1.01. The molecule has 0 saturated carbocycles. The highest BCUT2D eigenvalue weighted by atomic mass is 16.7. The van der Waals surface area contributed by atoms with Crippen molar-refractivity contribution in [1.29, 1.82) is 0 Å². The quantitative estimate of drug-likeness (QED) is 0.781. The van der Waals surface area contributed by atoms with Crippen molar-refractivity contribution in [1.82, 2.24) is 4.98 Å². The Morgan fingerprint density at radius 3 is 2.58 bits per heavy atom. The van der Waals surface area contributed by atoms with Crippen molar-refractivity contribution in [3.63, 3.8) is 0 Å². The molecule has 1 aromatic rings. The number of nitrogens with zero attached hydrogens (tertiary/aromatic N) is 1. The second-order valence-electron chi connectivity index (χ2n) is 6.39. The van der Waals surface area contributed by atoms with E-state index in [1.54, 1.807) is 0 Å². The molecular weight excluding hydrogens is 239 g/mol. The number of aromatic nitrogens is 1. The van der Waals surface area contributed by atoms with Crippen molar-refractivity contribution in [3.05, 3.63) is 17.8 Å². The van der Waals surface area contributed by atoms with Crippen LogP contribution in [0.25, 0.3) is 0 Å². The van der Waals surface area contributed by atoms with Crippen LogP contribution in [0.3, 0.4) is 0 Å². The van der Waals surface area contributed by atoms with Crippen molar-refractivity contribution in [2.45, 2.75) is 51.7 Å². The van der Waals surface area contributed by atoms with Gasteiger partial charge in [0.15, 0.2) is 0 Å². The maximum atomic E-state index is 6.06. The van der Waals surface area contributed by atoms with Gasteiger partial charge in [-0.2, -0.15) is 0 Å². The average Bonchev–Trinajstić information content (AvgIpc) is 2.58. The van der Waals surface area contributed by atoms with E-state index >= 15 is 0 Å². The first-order valence-corrected chi connectivity index (χ1v) is 6.97. The number of anilines is 1. The summed E-state index contributed by atoms with van der Waals surface area (Å²) in [5, 5.41) is 3.32. The average molecular weight is 260 g/mol. The van der Waals surface area contributed by atoms with Gasteiger partial charge in [-0.25, -0.2) is 4.98 Å². The molecule has 0 unspecified atom stereocenters. The second-order valence-corrected chi connectivity index (χ2v) is 6.39. The Morgan fingerprint density at radius 1 is 1.21 bits per heavy atom. The first kappa shape index (κ1) is 12.9. The minimum atomic E-state index is -0.315. The molecule has 1 aromatic heterocycles. The largest absolute Gasteiger partial charge is 0.496 e. The third-order valence-electron chi connectivity index (χ3n) is 4.43. The van der Waals surface area contributed by atoms with Crippen LogP contribution in [0.5, 0.6) is 0 Å². The monoisotopic (exact) mass is 260 g/mol. The van der Waals surface area contributed by atoms with Crippen molar-refractivity contribution in [2.24, 2.45) is 0 Å². The SMILES string of the molecule is CC1(C)OB(c2cnc3c(c2)CCCN3)OC1(C)C. The maximum absolute atomic E-state index is 6.06. The fourth-order valence-corrected chi connectivity index (χ4v) is 2.47. The summed E-state index contributed by atoms with van der Waals surface area (Å²) in [6, 6.07) is 2.16. The van der Waals surface area contributed by atoms with Crippen LogP contribution in [0.15, 0.2) is 12.3 Å². The highest BCUT2D eigenvalue weighted by Gasteiger charge is 2.51. The third kappa shape index (κ3) is 2.15. The number of pyridine rings is 1. The van der Waals surface area contributed by atoms with Gasteiger partial charge in [0.05, 0.1) is 11.2 Å². The first-order valence-electron chi connectivity index (χ1n) is 6.97. The number of rotatable bonds is 1. The molecule has 0 amide bonds. The predicted octanol–water partition coefficient (Wildman–Crippen LogP) is 1.74. The van der Waals surface area contributed by atoms with E-state index < -0.39 is 0 Å². The first-order chi connectivity index (χ1) is 8.89. The summed E-state index contributed by atoms with van der Waals surface area (Å²) in [6.07, 6.45) is 4.09. The van der Waals surface area contributed by atoms with Gasteiger partial charge in [0.25, 0.3) is 0 Å². The van der Waals surface area contributed by atoms with Crippen LogP contribution in [0.4, 0.5) is 5.82 Å². The summed E-state index contributed by atoms with van der Waals surface area (Å²) in [4.78, 5) is 4.49. The lowest BCUT2D eigenvalue weighted by Crippen LogP contribution is -2.41. The number of fused-ring (bicyclic) bond motifs is 1. The molecule has 0 atom stereocenters. The predicted molar refractivity (Wildman–Crippen MR) is 76.8 cm³/mol. The molecule has 0 bridgehead atoms. The van der Waals surface area contributed by atoms with E-state index in [2.05, 4.69) is 44.1 Å². The van der Waals surface area contributed by atoms with Crippen molar-refractivity contribution >= 4 is 18.4 Å². The second kappa shape index (κ2) is 4.22. The van der Waals surface area contributed by atoms with Gasteiger partial charge in [-0.15, -0.1) is 0 Å². The Morgan fingerprint density at radius 2 is 1.89 bits per heavy atom. The normalized spacial score (nSPS) is 23.9. The van der Waals surface area contributed by atoms with Crippen LogP contribution in [0.2, 0.25) is 0 Å². The molecule has 4 nitrogen and oxygen atoms in total. The Bertz CT molecular complexity index is 486. The van der Waals surface area contributed by atoms with E-state index in [1.165, 1.54) is 5.56 Å².